The van der Waals surface area contributed by atoms with Gasteiger partial charge < -0.3 is 33.0 Å². The minimum absolute atomic E-state index is 0. The Morgan fingerprint density at radius 3 is 2.11 bits per heavy atom. The Balaban J connectivity index is 0.00000384. The van der Waals surface area contributed by atoms with Crippen LogP contribution in [0.25, 0.3) is 0 Å². The van der Waals surface area contributed by atoms with Gasteiger partial charge in [0.25, 0.3) is 0 Å². The van der Waals surface area contributed by atoms with Crippen molar-refractivity contribution in [1.82, 2.24) is 4.90 Å². The number of hydrogen-bond acceptors (Lipinski definition) is 11. The van der Waals surface area contributed by atoms with Crippen LogP contribution in [0.15, 0.2) is 84.8 Å². The number of nitrogens with zero attached hydrogens (tertiary/aromatic N) is 2. The first-order valence-corrected chi connectivity index (χ1v) is 16.9. The molecule has 228 valence electrons. The molecule has 1 saturated heterocycles. The molecule has 44 heavy (non-hydrogen) atoms. The first kappa shape index (κ1) is 33.2. The first-order valence-electron chi connectivity index (χ1n) is 13.7. The Kier molecular flexibility index (Phi) is 10.3. The fraction of sp³-hybridized carbons (Fsp3) is 0.345. The van der Waals surface area contributed by atoms with Crippen molar-refractivity contribution in [3.63, 3.8) is 0 Å². The number of hydrogen-bond donors (Lipinski definition) is 0. The van der Waals surface area contributed by atoms with Gasteiger partial charge in [0.05, 0.1) is 20.2 Å². The zero-order valence-corrected chi connectivity index (χ0v) is 28.6. The van der Waals surface area contributed by atoms with Gasteiger partial charge in [0.2, 0.25) is 12.3 Å². The summed E-state index contributed by atoms with van der Waals surface area (Å²) in [4.78, 5) is 1.81. The van der Waals surface area contributed by atoms with Crippen molar-refractivity contribution < 1.29 is 101 Å². The van der Waals surface area contributed by atoms with E-state index in [1.165, 1.54) is 0 Å². The van der Waals surface area contributed by atoms with E-state index in [4.69, 9.17) is 18.9 Å². The molecule has 0 saturated carbocycles. The third kappa shape index (κ3) is 7.42. The zero-order chi connectivity index (χ0) is 30.2. The maximum absolute atomic E-state index is 11.2. The average molecular weight is 669 g/mol. The molecule has 2 aromatic carbocycles. The van der Waals surface area contributed by atoms with Gasteiger partial charge in [0.15, 0.2) is 18.5 Å². The molecule has 0 spiro atoms. The molecule has 4 unspecified atom stereocenters. The summed E-state index contributed by atoms with van der Waals surface area (Å²) in [5.41, 5.74) is 1.77. The topological polar surface area (TPSA) is 158 Å². The minimum atomic E-state index is -4.35. The third-order valence-corrected chi connectivity index (χ3v) is 9.00. The van der Waals surface area contributed by atoms with Crippen LogP contribution in [-0.2, 0) is 29.7 Å². The van der Waals surface area contributed by atoms with E-state index in [0.29, 0.717) is 23.3 Å². The standard InChI is InChI=1S/C29H30N2O10S2.K/c32-42(33,34)18-8-16-30-24(40-26-20-10-4-6-12-22(20)38-28(26)30)14-2-1-3-15-25-31(17-9-19-43(35,36)37)29-27(41-25)21-11-5-7-13-23(21)39-29;/h1-7,10-15,26-29H,8-9,16-19H2,(H-,32,33,34,35,36,37);/q;+1/p-1. The summed E-state index contributed by atoms with van der Waals surface area (Å²) in [5, 5.41) is 0. The van der Waals surface area contributed by atoms with Crippen molar-refractivity contribution in [1.29, 1.82) is 0 Å². The second-order valence-corrected chi connectivity index (χ2v) is 13.4. The molecule has 2 aromatic rings. The quantitative estimate of drug-likeness (QED) is 0.132. The van der Waals surface area contributed by atoms with E-state index in [0.717, 1.165) is 11.1 Å². The SMILES string of the molecule is O=S(=O)([O-])CCCN1C(=CC=CC=CC2=[N+](CCCS(=O)(=O)[O-])C3Oc4ccccc4C3O2)OC2c3ccccc3OC21.[K+]. The molecule has 0 radical (unpaired) electrons. The zero-order valence-electron chi connectivity index (χ0n) is 23.9. The average Bonchev–Trinajstić information content (AvgIpc) is 3.67. The molecule has 6 rings (SSSR count). The van der Waals surface area contributed by atoms with Crippen LogP contribution in [0.4, 0.5) is 0 Å². The summed E-state index contributed by atoms with van der Waals surface area (Å²) in [7, 11) is -8.71. The molecule has 4 atom stereocenters. The van der Waals surface area contributed by atoms with Gasteiger partial charge in [-0.3, -0.25) is 0 Å². The molecular formula is C29H29KN2O10S2. The fourth-order valence-corrected chi connectivity index (χ4v) is 6.55. The maximum Gasteiger partial charge on any atom is 1.00 e. The molecule has 0 amide bonds. The van der Waals surface area contributed by atoms with Crippen LogP contribution in [0.2, 0.25) is 0 Å². The number of allylic oxidation sites excluding steroid dienone is 4. The molecule has 12 nitrogen and oxygen atoms in total. The van der Waals surface area contributed by atoms with E-state index in [-0.39, 0.29) is 77.3 Å². The van der Waals surface area contributed by atoms with E-state index in [1.54, 1.807) is 39.9 Å². The largest absolute Gasteiger partial charge is 1.00 e. The van der Waals surface area contributed by atoms with Crippen LogP contribution in [0.1, 0.15) is 36.2 Å². The van der Waals surface area contributed by atoms with Gasteiger partial charge in [-0.1, -0.05) is 54.6 Å². The van der Waals surface area contributed by atoms with Crippen molar-refractivity contribution in [2.75, 3.05) is 24.6 Å². The Labute approximate surface area is 298 Å². The molecule has 0 N–H and O–H groups in total. The van der Waals surface area contributed by atoms with Crippen LogP contribution in [0.5, 0.6) is 11.5 Å². The summed E-state index contributed by atoms with van der Waals surface area (Å²) in [6, 6.07) is 15.0. The number of benzene rings is 2. The molecule has 0 aliphatic carbocycles. The second kappa shape index (κ2) is 13.6. The van der Waals surface area contributed by atoms with E-state index >= 15 is 0 Å². The Bertz CT molecular complexity index is 1740. The molecule has 0 bridgehead atoms. The summed E-state index contributed by atoms with van der Waals surface area (Å²) in [6.45, 7) is 0.492. The van der Waals surface area contributed by atoms with Gasteiger partial charge in [0, 0.05) is 41.7 Å². The van der Waals surface area contributed by atoms with Gasteiger partial charge in [-0.15, -0.1) is 0 Å². The molecule has 4 aliphatic rings. The molecular weight excluding hydrogens is 640 g/mol. The predicted octanol–water partition coefficient (Wildman–Crippen LogP) is -0.492. The number of rotatable bonds is 11. The van der Waals surface area contributed by atoms with Gasteiger partial charge in [-0.2, -0.15) is 4.58 Å². The fourth-order valence-electron chi connectivity index (χ4n) is 5.59. The van der Waals surface area contributed by atoms with Crippen molar-refractivity contribution in [2.24, 2.45) is 0 Å². The summed E-state index contributed by atoms with van der Waals surface area (Å²) >= 11 is 0. The Morgan fingerprint density at radius 2 is 1.41 bits per heavy atom. The molecule has 0 aromatic heterocycles. The van der Waals surface area contributed by atoms with Crippen LogP contribution in [0.3, 0.4) is 0 Å². The van der Waals surface area contributed by atoms with Crippen molar-refractivity contribution in [3.05, 3.63) is 95.9 Å². The number of fused-ring (bicyclic) bond motifs is 6. The van der Waals surface area contributed by atoms with E-state index in [1.807, 2.05) is 48.5 Å². The molecule has 4 heterocycles. The van der Waals surface area contributed by atoms with Gasteiger partial charge in [-0.05, 0) is 24.6 Å². The van der Waals surface area contributed by atoms with Crippen LogP contribution in [0, 0.1) is 0 Å². The van der Waals surface area contributed by atoms with E-state index in [9.17, 15) is 25.9 Å². The second-order valence-electron chi connectivity index (χ2n) is 10.4. The van der Waals surface area contributed by atoms with Crippen LogP contribution >= 0.6 is 0 Å². The third-order valence-electron chi connectivity index (χ3n) is 7.43. The molecule has 4 aliphatic heterocycles. The summed E-state index contributed by atoms with van der Waals surface area (Å²) in [6.07, 6.45) is 7.15. The van der Waals surface area contributed by atoms with Crippen LogP contribution < -0.4 is 60.9 Å². The minimum Gasteiger partial charge on any atom is -0.748 e. The van der Waals surface area contributed by atoms with E-state index in [2.05, 4.69) is 0 Å². The Morgan fingerprint density at radius 1 is 0.773 bits per heavy atom. The molecule has 15 heteroatoms. The predicted molar refractivity (Wildman–Crippen MR) is 151 cm³/mol. The first-order chi connectivity index (χ1) is 20.6. The smallest absolute Gasteiger partial charge is 0.748 e. The number of ether oxygens (including phenoxy) is 4. The van der Waals surface area contributed by atoms with Crippen molar-refractivity contribution in [2.45, 2.75) is 37.5 Å². The van der Waals surface area contributed by atoms with Gasteiger partial charge in [0.1, 0.15) is 11.5 Å². The van der Waals surface area contributed by atoms with Crippen LogP contribution in [-0.4, -0.2) is 78.4 Å². The normalized spacial score (nSPS) is 24.4. The van der Waals surface area contributed by atoms with Crippen molar-refractivity contribution in [3.8, 4) is 11.5 Å². The van der Waals surface area contributed by atoms with E-state index < -0.39 is 56.4 Å². The van der Waals surface area contributed by atoms with Gasteiger partial charge in [-0.25, -0.2) is 16.8 Å². The number of para-hydroxylation sites is 2. The monoisotopic (exact) mass is 668 g/mol. The summed E-state index contributed by atoms with van der Waals surface area (Å²) in [5.74, 6) is 1.35. The van der Waals surface area contributed by atoms with Gasteiger partial charge >= 0.3 is 63.5 Å². The molecule has 1 fully saturated rings. The summed E-state index contributed by atoms with van der Waals surface area (Å²) < 4.78 is 93.3. The van der Waals surface area contributed by atoms with Crippen molar-refractivity contribution >= 4 is 26.1 Å². The Hall–Kier alpha value is -2.21. The maximum atomic E-state index is 11.2.